The summed E-state index contributed by atoms with van der Waals surface area (Å²) in [4.78, 5) is 10.5. The number of nitrogens with zero attached hydrogens (tertiary/aromatic N) is 1. The summed E-state index contributed by atoms with van der Waals surface area (Å²) in [5, 5.41) is 14.2. The van der Waals surface area contributed by atoms with Crippen molar-refractivity contribution in [3.05, 3.63) is 33.9 Å². The Kier molecular flexibility index (Phi) is 5.56. The van der Waals surface area contributed by atoms with Crippen LogP contribution >= 0.6 is 0 Å². The first-order valence-electron chi connectivity index (χ1n) is 7.67. The highest BCUT2D eigenvalue weighted by atomic mass is 16.6. The first kappa shape index (κ1) is 15.8. The van der Waals surface area contributed by atoms with Crippen molar-refractivity contribution in [1.29, 1.82) is 0 Å². The monoisotopic (exact) mass is 292 g/mol. The van der Waals surface area contributed by atoms with Crippen LogP contribution in [0.1, 0.15) is 38.7 Å². The van der Waals surface area contributed by atoms with Crippen molar-refractivity contribution in [2.45, 2.75) is 39.7 Å². The van der Waals surface area contributed by atoms with E-state index in [-0.39, 0.29) is 10.6 Å². The second-order valence-corrected chi connectivity index (χ2v) is 6.15. The fourth-order valence-electron chi connectivity index (χ4n) is 2.20. The molecule has 1 aromatic carbocycles. The molecular formula is C16H24N2O3. The lowest BCUT2D eigenvalue weighted by Crippen LogP contribution is -2.19. The Balaban J connectivity index is 1.99. The van der Waals surface area contributed by atoms with Crippen LogP contribution in [-0.2, 0) is 6.54 Å². The van der Waals surface area contributed by atoms with Crippen molar-refractivity contribution >= 4 is 5.69 Å². The predicted molar refractivity (Wildman–Crippen MR) is 82.5 cm³/mol. The molecule has 5 nitrogen and oxygen atoms in total. The Morgan fingerprint density at radius 2 is 2.19 bits per heavy atom. The van der Waals surface area contributed by atoms with Gasteiger partial charge in [-0.25, -0.2) is 0 Å². The van der Waals surface area contributed by atoms with Gasteiger partial charge in [0, 0.05) is 24.2 Å². The van der Waals surface area contributed by atoms with Crippen molar-refractivity contribution in [3.8, 4) is 5.75 Å². The fourth-order valence-corrected chi connectivity index (χ4v) is 2.20. The largest absolute Gasteiger partial charge is 0.493 e. The lowest BCUT2D eigenvalue weighted by molar-refractivity contribution is -0.384. The van der Waals surface area contributed by atoms with Gasteiger partial charge in [0.05, 0.1) is 11.5 Å². The van der Waals surface area contributed by atoms with Crippen LogP contribution in [0.2, 0.25) is 0 Å². The number of rotatable bonds is 9. The van der Waals surface area contributed by atoms with Gasteiger partial charge in [0.1, 0.15) is 5.75 Å². The van der Waals surface area contributed by atoms with Crippen molar-refractivity contribution in [3.63, 3.8) is 0 Å². The van der Waals surface area contributed by atoms with Gasteiger partial charge in [0.15, 0.2) is 0 Å². The minimum absolute atomic E-state index is 0.117. The molecule has 0 spiro atoms. The predicted octanol–water partition coefficient (Wildman–Crippen LogP) is 3.52. The van der Waals surface area contributed by atoms with Crippen LogP contribution in [-0.4, -0.2) is 18.1 Å². The zero-order chi connectivity index (χ0) is 15.2. The first-order valence-corrected chi connectivity index (χ1v) is 7.67. The number of hydrogen-bond acceptors (Lipinski definition) is 4. The molecule has 2 rings (SSSR count). The van der Waals surface area contributed by atoms with Crippen LogP contribution in [0.3, 0.4) is 0 Å². The number of nitrogens with one attached hydrogen (secondary N) is 1. The first-order chi connectivity index (χ1) is 10.1. The van der Waals surface area contributed by atoms with Crippen molar-refractivity contribution < 1.29 is 9.66 Å². The molecule has 5 heteroatoms. The summed E-state index contributed by atoms with van der Waals surface area (Å²) in [6.07, 6.45) is 3.70. The third kappa shape index (κ3) is 5.34. The lowest BCUT2D eigenvalue weighted by atomic mass is 10.1. The van der Waals surface area contributed by atoms with Crippen molar-refractivity contribution in [2.75, 3.05) is 13.2 Å². The molecule has 0 amide bonds. The van der Waals surface area contributed by atoms with Crippen molar-refractivity contribution in [1.82, 2.24) is 5.32 Å². The van der Waals surface area contributed by atoms with Gasteiger partial charge in [0.25, 0.3) is 5.69 Å². The number of non-ortho nitro benzene ring substituents is 1. The molecule has 116 valence electrons. The van der Waals surface area contributed by atoms with E-state index in [2.05, 4.69) is 19.2 Å². The number of hydrogen-bond donors (Lipinski definition) is 1. The zero-order valence-electron chi connectivity index (χ0n) is 12.8. The number of ether oxygens (including phenoxy) is 1. The van der Waals surface area contributed by atoms with Gasteiger partial charge in [-0.15, -0.1) is 0 Å². The van der Waals surface area contributed by atoms with Gasteiger partial charge < -0.3 is 10.1 Å². The van der Waals surface area contributed by atoms with E-state index in [4.69, 9.17) is 4.74 Å². The number of nitro groups is 1. The van der Waals surface area contributed by atoms with Gasteiger partial charge in [-0.05, 0) is 30.9 Å². The van der Waals surface area contributed by atoms with Gasteiger partial charge in [0.2, 0.25) is 0 Å². The van der Waals surface area contributed by atoms with Gasteiger partial charge in [-0.1, -0.05) is 26.7 Å². The minimum Gasteiger partial charge on any atom is -0.493 e. The highest BCUT2D eigenvalue weighted by Crippen LogP contribution is 2.32. The zero-order valence-corrected chi connectivity index (χ0v) is 12.8. The van der Waals surface area contributed by atoms with Crippen LogP contribution in [0, 0.1) is 22.0 Å². The normalized spacial score (nSPS) is 14.4. The minimum atomic E-state index is -0.361. The molecule has 0 saturated heterocycles. The van der Waals surface area contributed by atoms with E-state index in [9.17, 15) is 10.1 Å². The Bertz CT molecular complexity index is 484. The average Bonchev–Trinajstić information content (AvgIpc) is 3.23. The number of nitro benzene ring substituents is 1. The lowest BCUT2D eigenvalue weighted by Gasteiger charge is -2.13. The smallest absolute Gasteiger partial charge is 0.270 e. The molecule has 1 saturated carbocycles. The Morgan fingerprint density at radius 3 is 2.81 bits per heavy atom. The molecule has 1 N–H and O–H groups in total. The average molecular weight is 292 g/mol. The van der Waals surface area contributed by atoms with Crippen LogP contribution < -0.4 is 10.1 Å². The maximum absolute atomic E-state index is 10.9. The van der Waals surface area contributed by atoms with Crippen LogP contribution in [0.15, 0.2) is 18.2 Å². The third-order valence-corrected chi connectivity index (χ3v) is 3.60. The van der Waals surface area contributed by atoms with Gasteiger partial charge in [-0.2, -0.15) is 0 Å². The quantitative estimate of drug-likeness (QED) is 0.558. The van der Waals surface area contributed by atoms with E-state index in [1.54, 1.807) is 12.1 Å². The fraction of sp³-hybridized carbons (Fsp3) is 0.625. The summed E-state index contributed by atoms with van der Waals surface area (Å²) in [6, 6.07) is 4.84. The Labute approximate surface area is 125 Å². The summed E-state index contributed by atoms with van der Waals surface area (Å²) in [7, 11) is 0. The molecule has 0 aromatic heterocycles. The molecule has 0 aliphatic heterocycles. The van der Waals surface area contributed by atoms with Crippen LogP contribution in [0.25, 0.3) is 0 Å². The van der Waals surface area contributed by atoms with Gasteiger partial charge in [-0.3, -0.25) is 10.1 Å². The number of benzene rings is 1. The molecule has 0 heterocycles. The van der Waals surface area contributed by atoms with Crippen LogP contribution in [0.4, 0.5) is 5.69 Å². The maximum Gasteiger partial charge on any atom is 0.270 e. The second-order valence-electron chi connectivity index (χ2n) is 6.15. The van der Waals surface area contributed by atoms with E-state index >= 15 is 0 Å². The maximum atomic E-state index is 10.9. The summed E-state index contributed by atoms with van der Waals surface area (Å²) in [5.41, 5.74) is 0.978. The summed E-state index contributed by atoms with van der Waals surface area (Å²) < 4.78 is 5.82. The molecule has 21 heavy (non-hydrogen) atoms. The molecule has 1 aromatic rings. The second kappa shape index (κ2) is 7.41. The third-order valence-electron chi connectivity index (χ3n) is 3.60. The molecule has 0 unspecified atom stereocenters. The SMILES string of the molecule is CC(C)CNCc1cc([N+](=O)[O-])ccc1OCCC1CC1. The van der Waals surface area contributed by atoms with Crippen LogP contribution in [0.5, 0.6) is 5.75 Å². The molecule has 0 bridgehead atoms. The molecular weight excluding hydrogens is 268 g/mol. The van der Waals surface area contributed by atoms with E-state index in [1.165, 1.54) is 18.9 Å². The highest BCUT2D eigenvalue weighted by Gasteiger charge is 2.21. The molecule has 0 atom stereocenters. The summed E-state index contributed by atoms with van der Waals surface area (Å²) >= 11 is 0. The van der Waals surface area contributed by atoms with E-state index in [0.29, 0.717) is 19.1 Å². The van der Waals surface area contributed by atoms with Crippen molar-refractivity contribution in [2.24, 2.45) is 11.8 Å². The molecule has 0 radical (unpaired) electrons. The Hall–Kier alpha value is -1.62. The standard InChI is InChI=1S/C16H24N2O3/c1-12(2)10-17-11-14-9-15(18(19)20)5-6-16(14)21-8-7-13-3-4-13/h5-6,9,12-13,17H,3-4,7-8,10-11H2,1-2H3. The summed E-state index contributed by atoms with van der Waals surface area (Å²) in [6.45, 7) is 6.43. The van der Waals surface area contributed by atoms with E-state index in [0.717, 1.165) is 30.2 Å². The van der Waals surface area contributed by atoms with E-state index in [1.807, 2.05) is 0 Å². The topological polar surface area (TPSA) is 64.4 Å². The Morgan fingerprint density at radius 1 is 1.43 bits per heavy atom. The highest BCUT2D eigenvalue weighted by molar-refractivity contribution is 5.43. The molecule has 1 fully saturated rings. The van der Waals surface area contributed by atoms with Gasteiger partial charge >= 0.3 is 0 Å². The summed E-state index contributed by atoms with van der Waals surface area (Å²) in [5.74, 6) is 2.13. The molecule has 1 aliphatic rings. The molecule has 1 aliphatic carbocycles. The van der Waals surface area contributed by atoms with E-state index < -0.39 is 0 Å².